The molecule has 0 radical (unpaired) electrons. The van der Waals surface area contributed by atoms with E-state index in [1.54, 1.807) is 0 Å². The molecule has 0 aliphatic carbocycles. The van der Waals surface area contributed by atoms with Crippen molar-refractivity contribution in [2.24, 2.45) is 0 Å². The minimum absolute atomic E-state index is 0.0630. The lowest BCUT2D eigenvalue weighted by Crippen LogP contribution is -2.23. The van der Waals surface area contributed by atoms with Crippen LogP contribution >= 0.6 is 27.5 Å². The molecule has 0 fully saturated rings. The van der Waals surface area contributed by atoms with Crippen LogP contribution in [0.4, 0.5) is 0 Å². The highest BCUT2D eigenvalue weighted by Crippen LogP contribution is 2.33. The van der Waals surface area contributed by atoms with Crippen LogP contribution in [-0.2, 0) is 0 Å². The quantitative estimate of drug-likeness (QED) is 0.775. The Morgan fingerprint density at radius 2 is 2.00 bits per heavy atom. The fraction of sp³-hybridized carbons (Fsp3) is 0.375. The maximum Gasteiger partial charge on any atom is 0.106 e. The maximum absolute atomic E-state index is 6.41. The zero-order chi connectivity index (χ0) is 14.7. The molecule has 1 heterocycles. The Balaban J connectivity index is 2.44. The molecule has 4 heteroatoms. The third kappa shape index (κ3) is 3.46. The summed E-state index contributed by atoms with van der Waals surface area (Å²) in [5, 5.41) is 4.31. The predicted octanol–water partition coefficient (Wildman–Crippen LogP) is 5.40. The molecule has 0 saturated heterocycles. The zero-order valence-electron chi connectivity index (χ0n) is 12.0. The van der Waals surface area contributed by atoms with Crippen molar-refractivity contribution in [3.05, 3.63) is 56.4 Å². The van der Waals surface area contributed by atoms with Crippen LogP contribution in [0.15, 0.2) is 33.2 Å². The first-order valence-electron chi connectivity index (χ1n) is 6.78. The van der Waals surface area contributed by atoms with E-state index in [9.17, 15) is 0 Å². The van der Waals surface area contributed by atoms with Gasteiger partial charge in [0, 0.05) is 15.1 Å². The summed E-state index contributed by atoms with van der Waals surface area (Å²) >= 11 is 9.86. The van der Waals surface area contributed by atoms with Crippen LogP contribution in [0.2, 0.25) is 5.02 Å². The summed E-state index contributed by atoms with van der Waals surface area (Å²) in [6, 6.07) is 8.15. The lowest BCUT2D eigenvalue weighted by molar-refractivity contribution is 0.493. The SMILES string of the molecule is CCCNC(c1ccc(Br)cc1Cl)c1cc(C)oc1C. The van der Waals surface area contributed by atoms with Crippen LogP contribution in [0, 0.1) is 13.8 Å². The Hall–Kier alpha value is -0.770. The molecule has 0 bridgehead atoms. The lowest BCUT2D eigenvalue weighted by Gasteiger charge is -2.20. The van der Waals surface area contributed by atoms with E-state index in [0.717, 1.165) is 45.1 Å². The highest BCUT2D eigenvalue weighted by molar-refractivity contribution is 9.10. The van der Waals surface area contributed by atoms with E-state index < -0.39 is 0 Å². The van der Waals surface area contributed by atoms with Gasteiger partial charge in [-0.15, -0.1) is 0 Å². The lowest BCUT2D eigenvalue weighted by atomic mass is 9.98. The second-order valence-electron chi connectivity index (χ2n) is 4.92. The first kappa shape index (κ1) is 15.6. The fourth-order valence-corrected chi connectivity index (χ4v) is 3.13. The Morgan fingerprint density at radius 3 is 2.55 bits per heavy atom. The van der Waals surface area contributed by atoms with Gasteiger partial charge in [-0.2, -0.15) is 0 Å². The molecule has 0 spiro atoms. The van der Waals surface area contributed by atoms with E-state index in [2.05, 4.69) is 40.3 Å². The van der Waals surface area contributed by atoms with E-state index in [0.29, 0.717) is 0 Å². The Labute approximate surface area is 133 Å². The van der Waals surface area contributed by atoms with Gasteiger partial charge < -0.3 is 9.73 Å². The maximum atomic E-state index is 6.41. The topological polar surface area (TPSA) is 25.2 Å². The third-order valence-corrected chi connectivity index (χ3v) is 4.08. The number of hydrogen-bond acceptors (Lipinski definition) is 2. The molecule has 108 valence electrons. The van der Waals surface area contributed by atoms with Gasteiger partial charge in [0.25, 0.3) is 0 Å². The summed E-state index contributed by atoms with van der Waals surface area (Å²) in [6.07, 6.45) is 1.07. The van der Waals surface area contributed by atoms with Crippen LogP contribution < -0.4 is 5.32 Å². The summed E-state index contributed by atoms with van der Waals surface area (Å²) in [7, 11) is 0. The standard InChI is InChI=1S/C16H19BrClNO/c1-4-7-19-16(14-8-10(2)20-11(14)3)13-6-5-12(17)9-15(13)18/h5-6,8-9,16,19H,4,7H2,1-3H3. The highest BCUT2D eigenvalue weighted by Gasteiger charge is 2.20. The number of nitrogens with one attached hydrogen (secondary N) is 1. The van der Waals surface area contributed by atoms with Crippen molar-refractivity contribution in [3.8, 4) is 0 Å². The van der Waals surface area contributed by atoms with Crippen molar-refractivity contribution >= 4 is 27.5 Å². The van der Waals surface area contributed by atoms with Gasteiger partial charge in [0.1, 0.15) is 11.5 Å². The molecule has 2 rings (SSSR count). The molecular weight excluding hydrogens is 338 g/mol. The number of hydrogen-bond donors (Lipinski definition) is 1. The van der Waals surface area contributed by atoms with Crippen molar-refractivity contribution in [3.63, 3.8) is 0 Å². The zero-order valence-corrected chi connectivity index (χ0v) is 14.3. The van der Waals surface area contributed by atoms with E-state index in [1.165, 1.54) is 0 Å². The number of furan rings is 1. The van der Waals surface area contributed by atoms with Gasteiger partial charge in [-0.05, 0) is 50.6 Å². The number of aryl methyl sites for hydroxylation is 2. The molecule has 0 aliphatic rings. The van der Waals surface area contributed by atoms with E-state index in [1.807, 2.05) is 26.0 Å². The molecule has 0 saturated carbocycles. The van der Waals surface area contributed by atoms with Crippen LogP contribution in [-0.4, -0.2) is 6.54 Å². The van der Waals surface area contributed by atoms with Gasteiger partial charge in [-0.3, -0.25) is 0 Å². The molecule has 1 unspecified atom stereocenters. The second kappa shape index (κ2) is 6.79. The van der Waals surface area contributed by atoms with Crippen molar-refractivity contribution in [2.75, 3.05) is 6.54 Å². The van der Waals surface area contributed by atoms with Gasteiger partial charge >= 0.3 is 0 Å². The molecule has 0 amide bonds. The fourth-order valence-electron chi connectivity index (χ4n) is 2.35. The summed E-state index contributed by atoms with van der Waals surface area (Å²) < 4.78 is 6.65. The second-order valence-corrected chi connectivity index (χ2v) is 6.24. The smallest absolute Gasteiger partial charge is 0.106 e. The average Bonchev–Trinajstić information content (AvgIpc) is 2.71. The Bertz CT molecular complexity index is 594. The van der Waals surface area contributed by atoms with Crippen molar-refractivity contribution in [2.45, 2.75) is 33.2 Å². The van der Waals surface area contributed by atoms with Crippen molar-refractivity contribution < 1.29 is 4.42 Å². The number of halogens is 2. The minimum atomic E-state index is 0.0630. The van der Waals surface area contributed by atoms with Gasteiger partial charge in [-0.25, -0.2) is 0 Å². The van der Waals surface area contributed by atoms with Gasteiger partial charge in [0.05, 0.1) is 6.04 Å². The first-order chi connectivity index (χ1) is 9.52. The molecule has 0 aliphatic heterocycles. The molecule has 1 aromatic carbocycles. The molecule has 20 heavy (non-hydrogen) atoms. The Kier molecular flexibility index (Phi) is 5.30. The molecule has 1 N–H and O–H groups in total. The monoisotopic (exact) mass is 355 g/mol. The largest absolute Gasteiger partial charge is 0.466 e. The summed E-state index contributed by atoms with van der Waals surface area (Å²) in [5.41, 5.74) is 2.23. The average molecular weight is 357 g/mol. The Morgan fingerprint density at radius 1 is 1.25 bits per heavy atom. The van der Waals surface area contributed by atoms with Crippen LogP contribution in [0.5, 0.6) is 0 Å². The number of benzene rings is 1. The van der Waals surface area contributed by atoms with Crippen LogP contribution in [0.3, 0.4) is 0 Å². The van der Waals surface area contributed by atoms with Crippen LogP contribution in [0.1, 0.15) is 42.0 Å². The van der Waals surface area contributed by atoms with Crippen molar-refractivity contribution in [1.82, 2.24) is 5.32 Å². The summed E-state index contributed by atoms with van der Waals surface area (Å²) in [5.74, 6) is 1.86. The predicted molar refractivity (Wildman–Crippen MR) is 87.5 cm³/mol. The van der Waals surface area contributed by atoms with Gasteiger partial charge in [0.15, 0.2) is 0 Å². The van der Waals surface area contributed by atoms with Crippen LogP contribution in [0.25, 0.3) is 0 Å². The third-order valence-electron chi connectivity index (χ3n) is 3.26. The normalized spacial score (nSPS) is 12.7. The minimum Gasteiger partial charge on any atom is -0.466 e. The van der Waals surface area contributed by atoms with E-state index in [-0.39, 0.29) is 6.04 Å². The van der Waals surface area contributed by atoms with Crippen molar-refractivity contribution in [1.29, 1.82) is 0 Å². The molecular formula is C16H19BrClNO. The first-order valence-corrected chi connectivity index (χ1v) is 7.95. The van der Waals surface area contributed by atoms with E-state index >= 15 is 0 Å². The highest BCUT2D eigenvalue weighted by atomic mass is 79.9. The summed E-state index contributed by atoms with van der Waals surface area (Å²) in [4.78, 5) is 0. The molecule has 1 atom stereocenters. The van der Waals surface area contributed by atoms with Gasteiger partial charge in [-0.1, -0.05) is 40.5 Å². The molecule has 2 nitrogen and oxygen atoms in total. The van der Waals surface area contributed by atoms with E-state index in [4.69, 9.17) is 16.0 Å². The van der Waals surface area contributed by atoms with Gasteiger partial charge in [0.2, 0.25) is 0 Å². The summed E-state index contributed by atoms with van der Waals surface area (Å²) in [6.45, 7) is 7.05. The molecule has 1 aromatic heterocycles. The number of rotatable bonds is 5. The molecule has 2 aromatic rings.